The maximum absolute atomic E-state index is 15.8. The number of benzene rings is 2. The van der Waals surface area contributed by atoms with Gasteiger partial charge in [0.25, 0.3) is 0 Å². The fraction of sp³-hybridized carbons (Fsp3) is 0.212. The molecule has 0 atom stereocenters. The predicted molar refractivity (Wildman–Crippen MR) is 174 cm³/mol. The van der Waals surface area contributed by atoms with Crippen LogP contribution in [0.15, 0.2) is 88.7 Å². The summed E-state index contributed by atoms with van der Waals surface area (Å²) in [5.74, 6) is -15.9. The summed E-state index contributed by atoms with van der Waals surface area (Å²) in [7, 11) is 3.22. The number of hydrogen-bond acceptors (Lipinski definition) is 4. The van der Waals surface area contributed by atoms with Gasteiger partial charge in [0, 0.05) is 78.7 Å². The van der Waals surface area contributed by atoms with Crippen LogP contribution in [0.2, 0.25) is 0 Å². The van der Waals surface area contributed by atoms with E-state index < -0.39 is 28.9 Å². The highest BCUT2D eigenvalue weighted by Gasteiger charge is 2.80. The first-order valence-electron chi connectivity index (χ1n) is 13.8. The van der Waals surface area contributed by atoms with Crippen LogP contribution in [0.3, 0.4) is 0 Å². The van der Waals surface area contributed by atoms with Gasteiger partial charge in [-0.15, -0.1) is 0 Å². The summed E-state index contributed by atoms with van der Waals surface area (Å²) >= 11 is 5.99. The second-order valence-corrected chi connectivity index (χ2v) is 15.8. The van der Waals surface area contributed by atoms with Crippen LogP contribution < -0.4 is 0 Å². The summed E-state index contributed by atoms with van der Waals surface area (Å²) in [6.45, 7) is 2.96. The summed E-state index contributed by atoms with van der Waals surface area (Å²) in [6.07, 6.45) is 3.53. The van der Waals surface area contributed by atoms with E-state index in [2.05, 4.69) is 0 Å². The van der Waals surface area contributed by atoms with E-state index in [-0.39, 0.29) is 22.5 Å². The zero-order valence-electron chi connectivity index (χ0n) is 24.2. The molecule has 4 heterocycles. The van der Waals surface area contributed by atoms with Crippen LogP contribution in [0.25, 0.3) is 23.3 Å². The molecule has 3 aliphatic rings. The Morgan fingerprint density at radius 3 is 1.18 bits per heavy atom. The molecular formula is C33H24F6N2S4. The number of aromatic nitrogens is 2. The van der Waals surface area contributed by atoms with Crippen molar-refractivity contribution in [2.45, 2.75) is 51.2 Å². The quantitative estimate of drug-likeness (QED) is 0.197. The normalized spacial score (nSPS) is 19.3. The fourth-order valence-electron chi connectivity index (χ4n) is 5.73. The van der Waals surface area contributed by atoms with Crippen LogP contribution >= 0.6 is 47.0 Å². The first-order valence-corrected chi connectivity index (χ1v) is 17.0. The molecule has 4 aromatic rings. The van der Waals surface area contributed by atoms with E-state index in [0.717, 1.165) is 28.1 Å². The SMILES string of the molecule is Cc1c(C2=C(c3cc(C=C4Sc5ccccc5S4)n(C)c3C)C(F)(F)C(F)(F)C2(F)F)cc(C=C2Sc3ccccc3S2)n1C. The molecule has 0 spiro atoms. The number of rotatable bonds is 4. The Bertz CT molecular complexity index is 1810. The summed E-state index contributed by atoms with van der Waals surface area (Å²) < 4.78 is 98.4. The van der Waals surface area contributed by atoms with E-state index in [1.807, 2.05) is 48.5 Å². The Kier molecular flexibility index (Phi) is 7.27. The third-order valence-electron chi connectivity index (χ3n) is 8.42. The molecule has 45 heavy (non-hydrogen) atoms. The zero-order chi connectivity index (χ0) is 32.1. The van der Waals surface area contributed by atoms with Crippen molar-refractivity contribution < 1.29 is 26.3 Å². The van der Waals surface area contributed by atoms with Gasteiger partial charge in [-0.1, -0.05) is 71.3 Å². The molecule has 0 fully saturated rings. The molecule has 2 aromatic heterocycles. The number of allylic oxidation sites excluding steroid dienone is 2. The summed E-state index contributed by atoms with van der Waals surface area (Å²) in [6, 6.07) is 18.1. The van der Waals surface area contributed by atoms with Gasteiger partial charge in [-0.3, -0.25) is 0 Å². The lowest BCUT2D eigenvalue weighted by Gasteiger charge is -2.25. The minimum absolute atomic E-state index is 0.181. The molecular weight excluding hydrogens is 667 g/mol. The van der Waals surface area contributed by atoms with Crippen molar-refractivity contribution >= 4 is 70.3 Å². The standard InChI is InChI=1S/C33H24F6N2S4/c1-17-21(13-19(40(17)3)15-27-42-23-9-5-6-10-24(23)43-27)29-30(32(36,37)33(38,39)31(29,34)35)22-14-20(41(4)18(22)2)16-28-44-25-11-7-8-12-26(25)45-28/h5-16H,1-4H3. The molecule has 0 unspecified atom stereocenters. The lowest BCUT2D eigenvalue weighted by atomic mass is 9.94. The molecule has 7 rings (SSSR count). The van der Waals surface area contributed by atoms with Gasteiger partial charge in [0.05, 0.1) is 8.47 Å². The Morgan fingerprint density at radius 1 is 0.556 bits per heavy atom. The van der Waals surface area contributed by atoms with Gasteiger partial charge < -0.3 is 9.13 Å². The van der Waals surface area contributed by atoms with Crippen molar-refractivity contribution in [3.63, 3.8) is 0 Å². The molecule has 2 aliphatic heterocycles. The molecule has 232 valence electrons. The first kappa shape index (κ1) is 30.8. The molecule has 0 N–H and O–H groups in total. The zero-order valence-corrected chi connectivity index (χ0v) is 27.5. The minimum Gasteiger partial charge on any atom is -0.348 e. The largest absolute Gasteiger partial charge is 0.380 e. The van der Waals surface area contributed by atoms with Crippen LogP contribution in [0.1, 0.15) is 33.9 Å². The van der Waals surface area contributed by atoms with Gasteiger partial charge in [-0.25, -0.2) is 0 Å². The predicted octanol–water partition coefficient (Wildman–Crippen LogP) is 11.2. The number of thioether (sulfide) groups is 4. The maximum atomic E-state index is 15.8. The van der Waals surface area contributed by atoms with Gasteiger partial charge in [-0.05, 0) is 62.4 Å². The molecule has 0 saturated carbocycles. The monoisotopic (exact) mass is 690 g/mol. The van der Waals surface area contributed by atoms with Gasteiger partial charge in [-0.2, -0.15) is 26.3 Å². The van der Waals surface area contributed by atoms with E-state index in [0.29, 0.717) is 11.4 Å². The number of nitrogens with zero attached hydrogens (tertiary/aromatic N) is 2. The smallest absolute Gasteiger partial charge is 0.348 e. The lowest BCUT2D eigenvalue weighted by Crippen LogP contribution is -2.49. The topological polar surface area (TPSA) is 9.86 Å². The summed E-state index contributed by atoms with van der Waals surface area (Å²) in [4.78, 5) is 4.15. The Labute approximate surface area is 273 Å². The summed E-state index contributed by atoms with van der Waals surface area (Å²) in [5.41, 5.74) is -2.08. The van der Waals surface area contributed by atoms with Gasteiger partial charge in [0.15, 0.2) is 0 Å². The van der Waals surface area contributed by atoms with Crippen molar-refractivity contribution in [3.05, 3.63) is 103 Å². The third-order valence-corrected chi connectivity index (χ3v) is 13.3. The number of hydrogen-bond donors (Lipinski definition) is 0. The second-order valence-electron chi connectivity index (χ2n) is 11.0. The van der Waals surface area contributed by atoms with Crippen molar-refractivity contribution in [2.24, 2.45) is 14.1 Å². The molecule has 1 aliphatic carbocycles. The molecule has 0 saturated heterocycles. The molecule has 12 heteroatoms. The highest BCUT2D eigenvalue weighted by atomic mass is 32.2. The van der Waals surface area contributed by atoms with E-state index in [1.165, 1.54) is 73.0 Å². The van der Waals surface area contributed by atoms with Crippen LogP contribution in [0.5, 0.6) is 0 Å². The molecule has 0 radical (unpaired) electrons. The van der Waals surface area contributed by atoms with Gasteiger partial charge >= 0.3 is 17.8 Å². The molecule has 0 amide bonds. The molecule has 2 nitrogen and oxygen atoms in total. The highest BCUT2D eigenvalue weighted by molar-refractivity contribution is 8.25. The van der Waals surface area contributed by atoms with Gasteiger partial charge in [0.2, 0.25) is 0 Å². The van der Waals surface area contributed by atoms with Crippen LogP contribution in [0.4, 0.5) is 26.3 Å². The lowest BCUT2D eigenvalue weighted by molar-refractivity contribution is -0.254. The van der Waals surface area contributed by atoms with E-state index in [4.69, 9.17) is 0 Å². The van der Waals surface area contributed by atoms with Gasteiger partial charge in [0.1, 0.15) is 0 Å². The Morgan fingerprint density at radius 2 is 0.867 bits per heavy atom. The average molecular weight is 691 g/mol. The van der Waals surface area contributed by atoms with Crippen molar-refractivity contribution in [3.8, 4) is 0 Å². The second kappa shape index (κ2) is 10.6. The van der Waals surface area contributed by atoms with E-state index >= 15 is 26.3 Å². The minimum atomic E-state index is -5.63. The third kappa shape index (κ3) is 4.61. The van der Waals surface area contributed by atoms with Crippen LogP contribution in [-0.2, 0) is 14.1 Å². The Hall–Kier alpha value is -2.80. The molecule has 0 bridgehead atoms. The van der Waals surface area contributed by atoms with Crippen molar-refractivity contribution in [1.82, 2.24) is 9.13 Å². The summed E-state index contributed by atoms with van der Waals surface area (Å²) in [5, 5.41) is 0. The maximum Gasteiger partial charge on any atom is 0.380 e. The highest BCUT2D eigenvalue weighted by Crippen LogP contribution is 2.65. The van der Waals surface area contributed by atoms with E-state index in [1.54, 1.807) is 35.4 Å². The number of alkyl halides is 6. The Balaban J connectivity index is 1.37. The van der Waals surface area contributed by atoms with Crippen molar-refractivity contribution in [1.29, 1.82) is 0 Å². The molecule has 2 aromatic carbocycles. The number of halogens is 6. The van der Waals surface area contributed by atoms with Crippen molar-refractivity contribution in [2.75, 3.05) is 0 Å². The number of fused-ring (bicyclic) bond motifs is 2. The average Bonchev–Trinajstić information content (AvgIpc) is 3.75. The first-order chi connectivity index (χ1) is 21.2. The fourth-order valence-corrected chi connectivity index (χ4v) is 10.5. The van der Waals surface area contributed by atoms with E-state index in [9.17, 15) is 0 Å². The van der Waals surface area contributed by atoms with Crippen LogP contribution in [0, 0.1) is 13.8 Å². The van der Waals surface area contributed by atoms with Crippen LogP contribution in [-0.4, -0.2) is 26.9 Å².